The molecule has 0 bridgehead atoms. The van der Waals surface area contributed by atoms with Crippen molar-refractivity contribution in [2.75, 3.05) is 11.5 Å². The summed E-state index contributed by atoms with van der Waals surface area (Å²) >= 11 is 0. The molecule has 0 aliphatic heterocycles. The molecule has 0 aliphatic rings. The number of rotatable bonds is 4. The number of alkyl halides is 3. The molecule has 0 saturated carbocycles. The van der Waals surface area contributed by atoms with Crippen molar-refractivity contribution in [1.29, 1.82) is 0 Å². The first kappa shape index (κ1) is 20.7. The molecule has 0 heterocycles. The Morgan fingerprint density at radius 2 is 1.30 bits per heavy atom. The second-order valence-electron chi connectivity index (χ2n) is 6.18. The van der Waals surface area contributed by atoms with Crippen molar-refractivity contribution in [3.05, 3.63) is 83.4 Å². The monoisotopic (exact) mass is 416 g/mol. The fraction of sp³-hybridized carbons (Fsp3) is 0.0476. The third-order valence-corrected chi connectivity index (χ3v) is 3.94. The summed E-state index contributed by atoms with van der Waals surface area (Å²) in [5.74, 6) is -1.59. The lowest BCUT2D eigenvalue weighted by Gasteiger charge is -2.12. The average molecular weight is 416 g/mol. The highest BCUT2D eigenvalue weighted by Crippen LogP contribution is 2.34. The number of nitrogens with two attached hydrogens (primary N) is 2. The van der Waals surface area contributed by atoms with Crippen LogP contribution in [-0.4, -0.2) is 11.9 Å². The fourth-order valence-corrected chi connectivity index (χ4v) is 2.53. The topological polar surface area (TPSA) is 105 Å². The number of benzene rings is 3. The molecule has 9 heteroatoms. The fourth-order valence-electron chi connectivity index (χ4n) is 2.53. The van der Waals surface area contributed by atoms with Gasteiger partial charge in [-0.3, -0.25) is 0 Å². The van der Waals surface area contributed by atoms with E-state index in [0.29, 0.717) is 11.8 Å². The predicted molar refractivity (Wildman–Crippen MR) is 103 cm³/mol. The largest absolute Gasteiger partial charge is 0.423 e. The van der Waals surface area contributed by atoms with Crippen LogP contribution in [0.2, 0.25) is 0 Å². The SMILES string of the molecule is Nc1cccc(OC(=O)c2cccc(OC(=O)c3ccc(N)c(C(F)(F)F)c3)c2)c1. The predicted octanol–water partition coefficient (Wildman–Crippen LogP) is 4.31. The number of hydrogen-bond donors (Lipinski definition) is 2. The molecule has 0 fully saturated rings. The minimum Gasteiger partial charge on any atom is -0.423 e. The number of hydrogen-bond acceptors (Lipinski definition) is 6. The van der Waals surface area contributed by atoms with Gasteiger partial charge in [-0.1, -0.05) is 12.1 Å². The summed E-state index contributed by atoms with van der Waals surface area (Å²) < 4.78 is 49.2. The van der Waals surface area contributed by atoms with Gasteiger partial charge in [-0.25, -0.2) is 9.59 Å². The molecule has 0 amide bonds. The lowest BCUT2D eigenvalue weighted by molar-refractivity contribution is -0.136. The van der Waals surface area contributed by atoms with Gasteiger partial charge in [-0.2, -0.15) is 13.2 Å². The second kappa shape index (κ2) is 8.16. The zero-order chi connectivity index (χ0) is 21.9. The van der Waals surface area contributed by atoms with Crippen molar-refractivity contribution >= 4 is 23.3 Å². The maximum atomic E-state index is 13.0. The van der Waals surface area contributed by atoms with Crippen LogP contribution in [0.25, 0.3) is 0 Å². The molecular formula is C21H15F3N2O4. The number of carbonyl (C=O) groups excluding carboxylic acids is 2. The van der Waals surface area contributed by atoms with Crippen molar-refractivity contribution in [2.45, 2.75) is 6.18 Å². The Bertz CT molecular complexity index is 1110. The molecule has 0 aromatic heterocycles. The van der Waals surface area contributed by atoms with Crippen molar-refractivity contribution < 1.29 is 32.2 Å². The van der Waals surface area contributed by atoms with Gasteiger partial charge in [0.2, 0.25) is 0 Å². The summed E-state index contributed by atoms with van der Waals surface area (Å²) in [6.07, 6.45) is -4.72. The van der Waals surface area contributed by atoms with Gasteiger partial charge < -0.3 is 20.9 Å². The molecule has 6 nitrogen and oxygen atoms in total. The Morgan fingerprint density at radius 1 is 0.733 bits per heavy atom. The van der Waals surface area contributed by atoms with Gasteiger partial charge in [-0.15, -0.1) is 0 Å². The molecule has 3 aromatic carbocycles. The molecule has 3 aromatic rings. The van der Waals surface area contributed by atoms with Crippen LogP contribution in [0.1, 0.15) is 26.3 Å². The molecule has 154 valence electrons. The Balaban J connectivity index is 1.77. The maximum Gasteiger partial charge on any atom is 0.418 e. The van der Waals surface area contributed by atoms with Gasteiger partial charge in [0.25, 0.3) is 0 Å². The second-order valence-corrected chi connectivity index (χ2v) is 6.18. The van der Waals surface area contributed by atoms with Crippen LogP contribution in [0, 0.1) is 0 Å². The van der Waals surface area contributed by atoms with Crippen molar-refractivity contribution in [3.63, 3.8) is 0 Å². The first-order valence-electron chi connectivity index (χ1n) is 8.50. The summed E-state index contributed by atoms with van der Waals surface area (Å²) in [5.41, 5.74) is 9.43. The highest BCUT2D eigenvalue weighted by atomic mass is 19.4. The normalized spacial score (nSPS) is 11.0. The minimum atomic E-state index is -4.72. The molecule has 0 radical (unpaired) electrons. The minimum absolute atomic E-state index is 0.0487. The van der Waals surface area contributed by atoms with Crippen molar-refractivity contribution in [1.82, 2.24) is 0 Å². The standard InChI is InChI=1S/C21H15F3N2O4/c22-21(23,24)17-10-13(7-8-18(17)26)20(28)29-15-5-1-3-12(9-15)19(27)30-16-6-2-4-14(25)11-16/h1-11H,25-26H2. The van der Waals surface area contributed by atoms with Crippen LogP contribution in [0.3, 0.4) is 0 Å². The van der Waals surface area contributed by atoms with Gasteiger partial charge in [0.15, 0.2) is 0 Å². The van der Waals surface area contributed by atoms with E-state index in [9.17, 15) is 22.8 Å². The summed E-state index contributed by atoms with van der Waals surface area (Å²) in [7, 11) is 0. The van der Waals surface area contributed by atoms with E-state index in [4.69, 9.17) is 20.9 Å². The van der Waals surface area contributed by atoms with Crippen LogP contribution in [0.4, 0.5) is 24.5 Å². The molecular weight excluding hydrogens is 401 g/mol. The molecule has 0 atom stereocenters. The van der Waals surface area contributed by atoms with E-state index in [2.05, 4.69) is 0 Å². The molecule has 3 rings (SSSR count). The number of nitrogen functional groups attached to an aromatic ring is 2. The van der Waals surface area contributed by atoms with Crippen LogP contribution in [-0.2, 0) is 6.18 Å². The number of ether oxygens (including phenoxy) is 2. The third-order valence-electron chi connectivity index (χ3n) is 3.94. The van der Waals surface area contributed by atoms with Crippen LogP contribution in [0.5, 0.6) is 11.5 Å². The Kier molecular flexibility index (Phi) is 5.63. The van der Waals surface area contributed by atoms with Gasteiger partial charge in [-0.05, 0) is 48.5 Å². The van der Waals surface area contributed by atoms with Gasteiger partial charge >= 0.3 is 18.1 Å². The molecule has 4 N–H and O–H groups in total. The summed E-state index contributed by atoms with van der Waals surface area (Å²) in [6.45, 7) is 0. The lowest BCUT2D eigenvalue weighted by Crippen LogP contribution is -2.14. The van der Waals surface area contributed by atoms with Gasteiger partial charge in [0.1, 0.15) is 11.5 Å². The Hall–Kier alpha value is -4.01. The molecule has 0 aliphatic carbocycles. The van der Waals surface area contributed by atoms with E-state index < -0.39 is 29.4 Å². The summed E-state index contributed by atoms with van der Waals surface area (Å²) in [5, 5.41) is 0. The third kappa shape index (κ3) is 4.88. The Labute approximate surface area is 168 Å². The number of anilines is 2. The number of esters is 2. The highest BCUT2D eigenvalue weighted by molar-refractivity contribution is 5.94. The molecule has 0 unspecified atom stereocenters. The van der Waals surface area contributed by atoms with E-state index in [1.165, 1.54) is 36.4 Å². The lowest BCUT2D eigenvalue weighted by atomic mass is 10.1. The number of carbonyl (C=O) groups is 2. The molecule has 30 heavy (non-hydrogen) atoms. The van der Waals surface area contributed by atoms with Gasteiger partial charge in [0.05, 0.1) is 16.7 Å². The van der Waals surface area contributed by atoms with E-state index >= 15 is 0 Å². The maximum absolute atomic E-state index is 13.0. The average Bonchev–Trinajstić information content (AvgIpc) is 2.67. The van der Waals surface area contributed by atoms with E-state index in [-0.39, 0.29) is 22.6 Å². The molecule has 0 saturated heterocycles. The highest BCUT2D eigenvalue weighted by Gasteiger charge is 2.33. The zero-order valence-corrected chi connectivity index (χ0v) is 15.3. The van der Waals surface area contributed by atoms with E-state index in [1.807, 2.05) is 0 Å². The summed E-state index contributed by atoms with van der Waals surface area (Å²) in [4.78, 5) is 24.5. The Morgan fingerprint density at radius 3 is 1.90 bits per heavy atom. The van der Waals surface area contributed by atoms with E-state index in [0.717, 1.165) is 12.1 Å². The van der Waals surface area contributed by atoms with E-state index in [1.54, 1.807) is 12.1 Å². The van der Waals surface area contributed by atoms with Crippen LogP contribution < -0.4 is 20.9 Å². The van der Waals surface area contributed by atoms with Crippen LogP contribution in [0.15, 0.2) is 66.7 Å². The first-order chi connectivity index (χ1) is 14.1. The van der Waals surface area contributed by atoms with Gasteiger partial charge in [0, 0.05) is 17.4 Å². The zero-order valence-electron chi connectivity index (χ0n) is 15.3. The van der Waals surface area contributed by atoms with Crippen LogP contribution >= 0.6 is 0 Å². The smallest absolute Gasteiger partial charge is 0.418 e. The number of halogens is 3. The summed E-state index contributed by atoms with van der Waals surface area (Å²) in [6, 6.07) is 14.4. The quantitative estimate of drug-likeness (QED) is 0.373. The molecule has 0 spiro atoms. The van der Waals surface area contributed by atoms with Crippen molar-refractivity contribution in [2.24, 2.45) is 0 Å². The van der Waals surface area contributed by atoms with Crippen molar-refractivity contribution in [3.8, 4) is 11.5 Å². The first-order valence-corrected chi connectivity index (χ1v) is 8.50.